The van der Waals surface area contributed by atoms with Gasteiger partial charge < -0.3 is 0 Å². The summed E-state index contributed by atoms with van der Waals surface area (Å²) in [4.78, 5) is 31.5. The van der Waals surface area contributed by atoms with Crippen LogP contribution in [-0.2, 0) is 9.59 Å². The number of hydrogen-bond acceptors (Lipinski definition) is 2. The molecular formula is C31H21ClN2O2. The Kier molecular flexibility index (Phi) is 5.51. The maximum atomic E-state index is 14.2. The van der Waals surface area contributed by atoms with Crippen LogP contribution in [0.15, 0.2) is 132 Å². The summed E-state index contributed by atoms with van der Waals surface area (Å²) in [6.07, 6.45) is 1.86. The van der Waals surface area contributed by atoms with Gasteiger partial charge in [0.05, 0.1) is 6.04 Å². The fourth-order valence-corrected chi connectivity index (χ4v) is 5.05. The number of amides is 2. The van der Waals surface area contributed by atoms with Crippen LogP contribution in [0.4, 0.5) is 11.4 Å². The standard InChI is InChI=1S/C31H21ClN2O2/c32-23-18-16-21(17-19-23)20-26-27-28(22-10-4-1-5-11-22)33(24-12-6-2-7-13-24)31(36)29(27)34(30(26)35)25-14-8-3-9-15-25/h1-20,28H/b26-20-/t28-/m1/s1. The van der Waals surface area contributed by atoms with Crippen molar-refractivity contribution in [1.29, 1.82) is 0 Å². The van der Waals surface area contributed by atoms with Gasteiger partial charge in [-0.1, -0.05) is 90.5 Å². The third kappa shape index (κ3) is 3.63. The molecule has 174 valence electrons. The monoisotopic (exact) mass is 488 g/mol. The number of hydrogen-bond donors (Lipinski definition) is 0. The van der Waals surface area contributed by atoms with Gasteiger partial charge in [-0.05, 0) is 53.6 Å². The summed E-state index contributed by atoms with van der Waals surface area (Å²) in [5, 5.41) is 0.620. The lowest BCUT2D eigenvalue weighted by molar-refractivity contribution is -0.118. The highest BCUT2D eigenvalue weighted by atomic mass is 35.5. The van der Waals surface area contributed by atoms with Gasteiger partial charge >= 0.3 is 0 Å². The molecule has 0 aliphatic carbocycles. The van der Waals surface area contributed by atoms with Crippen molar-refractivity contribution < 1.29 is 9.59 Å². The summed E-state index contributed by atoms with van der Waals surface area (Å²) in [5.74, 6) is -0.426. The summed E-state index contributed by atoms with van der Waals surface area (Å²) in [6.45, 7) is 0. The van der Waals surface area contributed by atoms with Crippen LogP contribution in [0, 0.1) is 0 Å². The zero-order valence-electron chi connectivity index (χ0n) is 19.2. The lowest BCUT2D eigenvalue weighted by Gasteiger charge is -2.30. The number of rotatable bonds is 4. The average molecular weight is 489 g/mol. The minimum Gasteiger partial charge on any atom is -0.295 e. The van der Waals surface area contributed by atoms with Crippen LogP contribution < -0.4 is 9.80 Å². The molecule has 0 radical (unpaired) electrons. The van der Waals surface area contributed by atoms with Crippen molar-refractivity contribution in [3.05, 3.63) is 148 Å². The van der Waals surface area contributed by atoms with Gasteiger partial charge in [0.15, 0.2) is 0 Å². The first-order valence-corrected chi connectivity index (χ1v) is 12.1. The number of benzene rings is 4. The van der Waals surface area contributed by atoms with Crippen molar-refractivity contribution in [3.63, 3.8) is 0 Å². The highest BCUT2D eigenvalue weighted by Crippen LogP contribution is 2.50. The predicted octanol–water partition coefficient (Wildman–Crippen LogP) is 6.81. The zero-order chi connectivity index (χ0) is 24.6. The van der Waals surface area contributed by atoms with Gasteiger partial charge in [0.2, 0.25) is 0 Å². The maximum Gasteiger partial charge on any atom is 0.276 e. The normalized spacial score (nSPS) is 18.4. The van der Waals surface area contributed by atoms with Crippen molar-refractivity contribution in [3.8, 4) is 0 Å². The molecule has 0 saturated carbocycles. The van der Waals surface area contributed by atoms with Crippen LogP contribution in [-0.4, -0.2) is 11.8 Å². The summed E-state index contributed by atoms with van der Waals surface area (Å²) >= 11 is 6.10. The molecule has 0 saturated heterocycles. The summed E-state index contributed by atoms with van der Waals surface area (Å²) in [7, 11) is 0. The Morgan fingerprint density at radius 3 is 1.81 bits per heavy atom. The fraction of sp³-hybridized carbons (Fsp3) is 0.0323. The molecule has 4 nitrogen and oxygen atoms in total. The SMILES string of the molecule is O=C1/C(=C\c2ccc(Cl)cc2)C2=C(C(=O)N(c3ccccc3)[C@@H]2c2ccccc2)N1c1ccccc1. The first kappa shape index (κ1) is 22.1. The lowest BCUT2D eigenvalue weighted by atomic mass is 9.93. The molecule has 4 aromatic rings. The third-order valence-corrected chi connectivity index (χ3v) is 6.75. The number of halogens is 1. The third-order valence-electron chi connectivity index (χ3n) is 6.50. The fourth-order valence-electron chi connectivity index (χ4n) is 4.93. The van der Waals surface area contributed by atoms with Crippen LogP contribution in [0.3, 0.4) is 0 Å². The number of nitrogens with zero attached hydrogens (tertiary/aromatic N) is 2. The van der Waals surface area contributed by atoms with E-state index in [0.717, 1.165) is 16.8 Å². The second-order valence-electron chi connectivity index (χ2n) is 8.67. The number of para-hydroxylation sites is 2. The van der Waals surface area contributed by atoms with Crippen molar-refractivity contribution in [2.24, 2.45) is 0 Å². The van der Waals surface area contributed by atoms with Crippen LogP contribution >= 0.6 is 11.6 Å². The Labute approximate surface area is 214 Å². The number of anilines is 2. The minimum absolute atomic E-state index is 0.207. The van der Waals surface area contributed by atoms with Crippen molar-refractivity contribution in [2.45, 2.75) is 6.04 Å². The van der Waals surface area contributed by atoms with E-state index in [4.69, 9.17) is 11.6 Å². The van der Waals surface area contributed by atoms with E-state index in [9.17, 15) is 9.59 Å². The summed E-state index contributed by atoms with van der Waals surface area (Å²) < 4.78 is 0. The first-order chi connectivity index (χ1) is 17.6. The van der Waals surface area contributed by atoms with Gasteiger partial charge in [-0.25, -0.2) is 0 Å². The molecule has 1 atom stereocenters. The Balaban J connectivity index is 1.61. The van der Waals surface area contributed by atoms with Gasteiger partial charge in [0.1, 0.15) is 5.70 Å². The topological polar surface area (TPSA) is 40.6 Å². The highest BCUT2D eigenvalue weighted by molar-refractivity contribution is 6.31. The second kappa shape index (κ2) is 8.99. The Morgan fingerprint density at radius 2 is 1.19 bits per heavy atom. The quantitative estimate of drug-likeness (QED) is 0.296. The van der Waals surface area contributed by atoms with Crippen LogP contribution in [0.2, 0.25) is 5.02 Å². The lowest BCUT2D eigenvalue weighted by Crippen LogP contribution is -2.38. The van der Waals surface area contributed by atoms with Gasteiger partial charge in [0, 0.05) is 27.5 Å². The van der Waals surface area contributed by atoms with Gasteiger partial charge in [0.25, 0.3) is 11.8 Å². The Hall–Kier alpha value is -4.41. The molecule has 0 spiro atoms. The summed E-state index contributed by atoms with van der Waals surface area (Å²) in [6, 6.07) is 35.7. The van der Waals surface area contributed by atoms with E-state index in [1.165, 1.54) is 0 Å². The maximum absolute atomic E-state index is 14.2. The molecule has 2 aliphatic rings. The van der Waals surface area contributed by atoms with E-state index < -0.39 is 6.04 Å². The average Bonchev–Trinajstić information content (AvgIpc) is 3.37. The largest absolute Gasteiger partial charge is 0.295 e. The van der Waals surface area contributed by atoms with Crippen molar-refractivity contribution >= 4 is 40.9 Å². The van der Waals surface area contributed by atoms with Crippen LogP contribution in [0.25, 0.3) is 6.08 Å². The molecule has 0 bridgehead atoms. The van der Waals surface area contributed by atoms with Gasteiger partial charge in [-0.15, -0.1) is 0 Å². The van der Waals surface area contributed by atoms with E-state index in [2.05, 4.69) is 0 Å². The molecule has 2 heterocycles. The highest BCUT2D eigenvalue weighted by Gasteiger charge is 2.52. The molecule has 4 aromatic carbocycles. The minimum atomic E-state index is -0.452. The van der Waals surface area contributed by atoms with Crippen LogP contribution in [0.1, 0.15) is 17.2 Å². The van der Waals surface area contributed by atoms with E-state index in [-0.39, 0.29) is 11.8 Å². The summed E-state index contributed by atoms with van der Waals surface area (Å²) in [5.41, 5.74) is 4.80. The molecule has 0 N–H and O–H groups in total. The van der Waals surface area contributed by atoms with Gasteiger partial charge in [-0.3, -0.25) is 19.4 Å². The predicted molar refractivity (Wildman–Crippen MR) is 143 cm³/mol. The zero-order valence-corrected chi connectivity index (χ0v) is 20.0. The van der Waals surface area contributed by atoms with Gasteiger partial charge in [-0.2, -0.15) is 0 Å². The molecule has 0 unspecified atom stereocenters. The second-order valence-corrected chi connectivity index (χ2v) is 9.11. The molecule has 0 aromatic heterocycles. The molecule has 6 rings (SSSR count). The molecule has 0 fully saturated rings. The smallest absolute Gasteiger partial charge is 0.276 e. The molecular weight excluding hydrogens is 468 g/mol. The molecule has 2 aliphatic heterocycles. The van der Waals surface area contributed by atoms with E-state index >= 15 is 0 Å². The number of carbonyl (C=O) groups excluding carboxylic acids is 2. The molecule has 5 heteroatoms. The number of carbonyl (C=O) groups is 2. The van der Waals surface area contributed by atoms with Crippen molar-refractivity contribution in [2.75, 3.05) is 9.80 Å². The van der Waals surface area contributed by atoms with Crippen molar-refractivity contribution in [1.82, 2.24) is 0 Å². The van der Waals surface area contributed by atoms with Crippen LogP contribution in [0.5, 0.6) is 0 Å². The van der Waals surface area contributed by atoms with E-state index in [1.807, 2.05) is 109 Å². The Morgan fingerprint density at radius 1 is 0.639 bits per heavy atom. The Bertz CT molecular complexity index is 1510. The van der Waals surface area contributed by atoms with E-state index in [0.29, 0.717) is 27.6 Å². The van der Waals surface area contributed by atoms with E-state index in [1.54, 1.807) is 21.9 Å². The molecule has 36 heavy (non-hydrogen) atoms. The molecule has 2 amide bonds. The first-order valence-electron chi connectivity index (χ1n) is 11.7.